The Morgan fingerprint density at radius 1 is 1.21 bits per heavy atom. The quantitative estimate of drug-likeness (QED) is 0.724. The zero-order valence-electron chi connectivity index (χ0n) is 14.2. The normalized spacial score (nSPS) is 10.8. The molecular weight excluding hydrogens is 302 g/mol. The highest BCUT2D eigenvalue weighted by molar-refractivity contribution is 5.95. The molecule has 1 amide bonds. The number of carbonyl (C=O) groups is 1. The number of ether oxygens (including phenoxy) is 1. The third-order valence-corrected chi connectivity index (χ3v) is 4.10. The number of nitrogens with zero attached hydrogens (tertiary/aromatic N) is 3. The van der Waals surface area contributed by atoms with Crippen LogP contribution in [0.2, 0.25) is 0 Å². The molecule has 5 nitrogen and oxygen atoms in total. The Balaban J connectivity index is 1.99. The predicted octanol–water partition coefficient (Wildman–Crippen LogP) is 3.31. The molecule has 0 aliphatic heterocycles. The Bertz CT molecular complexity index is 856. The Kier molecular flexibility index (Phi) is 4.51. The van der Waals surface area contributed by atoms with E-state index < -0.39 is 0 Å². The van der Waals surface area contributed by atoms with Gasteiger partial charge in [-0.05, 0) is 31.5 Å². The summed E-state index contributed by atoms with van der Waals surface area (Å²) < 4.78 is 7.16. The number of carbonyl (C=O) groups excluding carboxylic acids is 1. The van der Waals surface area contributed by atoms with Gasteiger partial charge in [-0.25, -0.2) is 4.98 Å². The van der Waals surface area contributed by atoms with Gasteiger partial charge in [0, 0.05) is 19.3 Å². The highest BCUT2D eigenvalue weighted by atomic mass is 16.5. The molecule has 0 aliphatic rings. The van der Waals surface area contributed by atoms with Crippen LogP contribution in [0, 0.1) is 6.92 Å². The number of hydrogen-bond donors (Lipinski definition) is 0. The van der Waals surface area contributed by atoms with E-state index in [0.717, 1.165) is 5.56 Å². The Hall–Kier alpha value is -2.82. The summed E-state index contributed by atoms with van der Waals surface area (Å²) in [6, 6.07) is 13.7. The van der Waals surface area contributed by atoms with E-state index in [1.54, 1.807) is 7.11 Å². The lowest BCUT2D eigenvalue weighted by Crippen LogP contribution is -2.31. The van der Waals surface area contributed by atoms with Crippen LogP contribution >= 0.6 is 0 Å². The third kappa shape index (κ3) is 2.85. The minimum Gasteiger partial charge on any atom is -0.493 e. The molecule has 3 aromatic rings. The van der Waals surface area contributed by atoms with Crippen LogP contribution in [0.15, 0.2) is 48.7 Å². The van der Waals surface area contributed by atoms with Gasteiger partial charge in [-0.15, -0.1) is 0 Å². The summed E-state index contributed by atoms with van der Waals surface area (Å²) >= 11 is 0. The van der Waals surface area contributed by atoms with E-state index in [-0.39, 0.29) is 5.91 Å². The van der Waals surface area contributed by atoms with Crippen molar-refractivity contribution in [3.63, 3.8) is 0 Å². The Morgan fingerprint density at radius 3 is 2.62 bits per heavy atom. The van der Waals surface area contributed by atoms with E-state index in [1.807, 2.05) is 71.8 Å². The molecule has 0 atom stereocenters. The summed E-state index contributed by atoms with van der Waals surface area (Å²) in [7, 11) is 1.61. The van der Waals surface area contributed by atoms with Crippen LogP contribution < -0.4 is 4.74 Å². The van der Waals surface area contributed by atoms with Gasteiger partial charge in [0.15, 0.2) is 11.4 Å². The highest BCUT2D eigenvalue weighted by Gasteiger charge is 2.23. The molecule has 2 aromatic heterocycles. The molecular formula is C19H21N3O2. The van der Waals surface area contributed by atoms with Crippen LogP contribution in [0.3, 0.4) is 0 Å². The fourth-order valence-electron chi connectivity index (χ4n) is 2.85. The van der Waals surface area contributed by atoms with Crippen molar-refractivity contribution in [1.29, 1.82) is 0 Å². The second kappa shape index (κ2) is 6.74. The lowest BCUT2D eigenvalue weighted by atomic mass is 10.2. The van der Waals surface area contributed by atoms with Crippen LogP contribution in [-0.2, 0) is 6.54 Å². The summed E-state index contributed by atoms with van der Waals surface area (Å²) in [6.07, 6.45) is 1.85. The van der Waals surface area contributed by atoms with Crippen molar-refractivity contribution in [2.24, 2.45) is 0 Å². The molecule has 0 saturated heterocycles. The molecule has 124 valence electrons. The smallest absolute Gasteiger partial charge is 0.273 e. The molecule has 2 heterocycles. The van der Waals surface area contributed by atoms with E-state index >= 15 is 0 Å². The molecule has 24 heavy (non-hydrogen) atoms. The molecule has 0 aliphatic carbocycles. The zero-order valence-corrected chi connectivity index (χ0v) is 14.2. The molecule has 0 unspecified atom stereocenters. The number of aromatic nitrogens is 2. The number of pyridine rings is 1. The average molecular weight is 323 g/mol. The van der Waals surface area contributed by atoms with Gasteiger partial charge in [0.25, 0.3) is 5.91 Å². The SMILES string of the molecule is CCN(Cc1ccccc1)C(=O)c1c(C)nc2c(OC)cccn12. The van der Waals surface area contributed by atoms with Crippen molar-refractivity contribution >= 4 is 11.6 Å². The van der Waals surface area contributed by atoms with Crippen molar-refractivity contribution in [3.05, 3.63) is 65.6 Å². The maximum absolute atomic E-state index is 13.1. The van der Waals surface area contributed by atoms with Gasteiger partial charge in [-0.3, -0.25) is 9.20 Å². The van der Waals surface area contributed by atoms with Crippen molar-refractivity contribution in [3.8, 4) is 5.75 Å². The van der Waals surface area contributed by atoms with E-state index in [2.05, 4.69) is 4.98 Å². The van der Waals surface area contributed by atoms with Crippen LogP contribution in [0.5, 0.6) is 5.75 Å². The fourth-order valence-corrected chi connectivity index (χ4v) is 2.85. The summed E-state index contributed by atoms with van der Waals surface area (Å²) in [5, 5.41) is 0. The lowest BCUT2D eigenvalue weighted by Gasteiger charge is -2.21. The maximum atomic E-state index is 13.1. The summed E-state index contributed by atoms with van der Waals surface area (Å²) in [4.78, 5) is 19.4. The number of hydrogen-bond acceptors (Lipinski definition) is 3. The molecule has 0 bridgehead atoms. The molecule has 3 rings (SSSR count). The Labute approximate surface area is 141 Å². The average Bonchev–Trinajstić information content (AvgIpc) is 2.95. The van der Waals surface area contributed by atoms with E-state index in [0.29, 0.717) is 35.9 Å². The number of imidazole rings is 1. The van der Waals surface area contributed by atoms with E-state index in [9.17, 15) is 4.79 Å². The number of benzene rings is 1. The minimum atomic E-state index is -0.0281. The second-order valence-corrected chi connectivity index (χ2v) is 5.62. The van der Waals surface area contributed by atoms with Crippen molar-refractivity contribution in [1.82, 2.24) is 14.3 Å². The summed E-state index contributed by atoms with van der Waals surface area (Å²) in [6.45, 7) is 5.05. The Morgan fingerprint density at radius 2 is 1.96 bits per heavy atom. The van der Waals surface area contributed by atoms with Crippen LogP contribution in [0.25, 0.3) is 5.65 Å². The van der Waals surface area contributed by atoms with Crippen molar-refractivity contribution < 1.29 is 9.53 Å². The largest absolute Gasteiger partial charge is 0.493 e. The maximum Gasteiger partial charge on any atom is 0.273 e. The number of fused-ring (bicyclic) bond motifs is 1. The van der Waals surface area contributed by atoms with E-state index in [1.165, 1.54) is 0 Å². The van der Waals surface area contributed by atoms with Gasteiger partial charge in [0.2, 0.25) is 0 Å². The second-order valence-electron chi connectivity index (χ2n) is 5.62. The van der Waals surface area contributed by atoms with Gasteiger partial charge in [-0.1, -0.05) is 30.3 Å². The fraction of sp³-hybridized carbons (Fsp3) is 0.263. The number of aryl methyl sites for hydroxylation is 1. The number of methoxy groups -OCH3 is 1. The molecule has 0 radical (unpaired) electrons. The molecule has 0 saturated carbocycles. The summed E-state index contributed by atoms with van der Waals surface area (Å²) in [5.74, 6) is 0.630. The number of rotatable bonds is 5. The van der Waals surface area contributed by atoms with Crippen molar-refractivity contribution in [2.75, 3.05) is 13.7 Å². The van der Waals surface area contributed by atoms with E-state index in [4.69, 9.17) is 4.74 Å². The monoisotopic (exact) mass is 323 g/mol. The van der Waals surface area contributed by atoms with Gasteiger partial charge < -0.3 is 9.64 Å². The predicted molar refractivity (Wildman–Crippen MR) is 93.3 cm³/mol. The molecule has 0 spiro atoms. The molecule has 5 heteroatoms. The van der Waals surface area contributed by atoms with Gasteiger partial charge in [-0.2, -0.15) is 0 Å². The first kappa shape index (κ1) is 16.1. The van der Waals surface area contributed by atoms with Gasteiger partial charge in [0.1, 0.15) is 5.69 Å². The first-order valence-corrected chi connectivity index (χ1v) is 8.00. The van der Waals surface area contributed by atoms with Crippen LogP contribution in [-0.4, -0.2) is 33.8 Å². The standard InChI is InChI=1S/C19H21N3O2/c1-4-21(13-15-9-6-5-7-10-15)19(23)17-14(2)20-18-16(24-3)11-8-12-22(17)18/h5-12H,4,13H2,1-3H3. The third-order valence-electron chi connectivity index (χ3n) is 4.10. The van der Waals surface area contributed by atoms with Gasteiger partial charge in [0.05, 0.1) is 12.8 Å². The first-order chi connectivity index (χ1) is 11.7. The van der Waals surface area contributed by atoms with Crippen molar-refractivity contribution in [2.45, 2.75) is 20.4 Å². The van der Waals surface area contributed by atoms with Crippen LogP contribution in [0.4, 0.5) is 0 Å². The minimum absolute atomic E-state index is 0.0281. The zero-order chi connectivity index (χ0) is 17.1. The first-order valence-electron chi connectivity index (χ1n) is 8.00. The van der Waals surface area contributed by atoms with Crippen LogP contribution in [0.1, 0.15) is 28.7 Å². The topological polar surface area (TPSA) is 46.8 Å². The number of amides is 1. The molecule has 0 N–H and O–H groups in total. The lowest BCUT2D eigenvalue weighted by molar-refractivity contribution is 0.0745. The molecule has 1 aromatic carbocycles. The summed E-state index contributed by atoms with van der Waals surface area (Å²) in [5.41, 5.74) is 3.06. The highest BCUT2D eigenvalue weighted by Crippen LogP contribution is 2.23. The van der Waals surface area contributed by atoms with Gasteiger partial charge >= 0.3 is 0 Å². The molecule has 0 fully saturated rings.